The lowest BCUT2D eigenvalue weighted by atomic mass is 10.1. The predicted octanol–water partition coefficient (Wildman–Crippen LogP) is 1.18. The van der Waals surface area contributed by atoms with Crippen molar-refractivity contribution >= 4 is 24.0 Å². The molecular weight excluding hydrogens is 274 g/mol. The molecule has 1 aromatic carbocycles. The van der Waals surface area contributed by atoms with E-state index in [2.05, 4.69) is 4.79 Å². The average molecular weight is 287 g/mol. The van der Waals surface area contributed by atoms with Gasteiger partial charge >= 0.3 is 12.3 Å². The number of hydrogen-bond donors (Lipinski definition) is 0. The molecule has 1 fully saturated rings. The Kier molecular flexibility index (Phi) is 4.58. The standard InChI is InChI=1S/C14H13N3O4/c15-16-8-12(18)11-6-7-13(19)17(11)14(20)21-9-10-4-2-1-3-5-10/h1-5,8,11H,6-7,9H2/t11-/m0/s1. The van der Waals surface area contributed by atoms with Gasteiger partial charge in [-0.05, 0) is 12.0 Å². The number of nitrogens with zero attached hydrogens (tertiary/aromatic N) is 3. The lowest BCUT2D eigenvalue weighted by molar-refractivity contribution is -0.131. The highest BCUT2D eigenvalue weighted by atomic mass is 16.6. The quantitative estimate of drug-likeness (QED) is 0.471. The molecule has 0 N–H and O–H groups in total. The summed E-state index contributed by atoms with van der Waals surface area (Å²) in [7, 11) is 0. The molecule has 1 aliphatic rings. The first kappa shape index (κ1) is 14.6. The Bertz CT molecular complexity index is 608. The third-order valence-corrected chi connectivity index (χ3v) is 3.13. The molecule has 108 valence electrons. The van der Waals surface area contributed by atoms with Crippen molar-refractivity contribution in [2.24, 2.45) is 0 Å². The van der Waals surface area contributed by atoms with Crippen LogP contribution in [0.4, 0.5) is 4.79 Å². The lowest BCUT2D eigenvalue weighted by Crippen LogP contribution is -2.43. The number of hydrogen-bond acceptors (Lipinski definition) is 4. The number of benzene rings is 1. The molecule has 7 heteroatoms. The summed E-state index contributed by atoms with van der Waals surface area (Å²) in [6.07, 6.45) is 0.0899. The van der Waals surface area contributed by atoms with Gasteiger partial charge in [-0.3, -0.25) is 9.59 Å². The molecule has 1 heterocycles. The minimum absolute atomic E-state index is 0.0124. The molecular formula is C14H13N3O4. The number of carbonyl (C=O) groups is 3. The van der Waals surface area contributed by atoms with Crippen molar-refractivity contribution in [3.8, 4) is 0 Å². The van der Waals surface area contributed by atoms with Crippen LogP contribution >= 0.6 is 0 Å². The lowest BCUT2D eigenvalue weighted by Gasteiger charge is -2.19. The molecule has 7 nitrogen and oxygen atoms in total. The summed E-state index contributed by atoms with van der Waals surface area (Å²) in [6.45, 7) is 0.0124. The number of ketones is 1. The molecule has 0 bridgehead atoms. The van der Waals surface area contributed by atoms with Crippen molar-refractivity contribution in [3.05, 3.63) is 41.4 Å². The Morgan fingerprint density at radius 3 is 2.76 bits per heavy atom. The number of likely N-dealkylation sites (tertiary alicyclic amines) is 1. The van der Waals surface area contributed by atoms with E-state index in [0.29, 0.717) is 6.21 Å². The number of amides is 2. The number of ether oxygens (including phenoxy) is 1. The maximum Gasteiger partial charge on any atom is 0.417 e. The molecule has 1 aliphatic heterocycles. The zero-order chi connectivity index (χ0) is 15.2. The largest absolute Gasteiger partial charge is 0.444 e. The van der Waals surface area contributed by atoms with E-state index in [9.17, 15) is 14.4 Å². The van der Waals surface area contributed by atoms with E-state index in [1.807, 2.05) is 6.07 Å². The molecule has 2 amide bonds. The van der Waals surface area contributed by atoms with Crippen LogP contribution in [0.25, 0.3) is 5.53 Å². The number of rotatable bonds is 4. The van der Waals surface area contributed by atoms with E-state index < -0.39 is 23.8 Å². The Balaban J connectivity index is 2.03. The van der Waals surface area contributed by atoms with Gasteiger partial charge in [-0.15, -0.1) is 0 Å². The Hall–Kier alpha value is -2.79. The van der Waals surface area contributed by atoms with Gasteiger partial charge in [0, 0.05) is 6.42 Å². The highest BCUT2D eigenvalue weighted by Gasteiger charge is 2.41. The SMILES string of the molecule is [N-]=[N+]=CC(=O)[C@@H]1CCC(=O)N1C(=O)OCc1ccccc1. The summed E-state index contributed by atoms with van der Waals surface area (Å²) < 4.78 is 5.05. The van der Waals surface area contributed by atoms with Gasteiger partial charge < -0.3 is 10.3 Å². The van der Waals surface area contributed by atoms with Crippen molar-refractivity contribution < 1.29 is 23.9 Å². The Morgan fingerprint density at radius 2 is 2.10 bits per heavy atom. The minimum atomic E-state index is -0.961. The van der Waals surface area contributed by atoms with E-state index in [4.69, 9.17) is 10.3 Å². The molecule has 21 heavy (non-hydrogen) atoms. The van der Waals surface area contributed by atoms with Crippen LogP contribution in [0.15, 0.2) is 30.3 Å². The Morgan fingerprint density at radius 1 is 1.38 bits per heavy atom. The van der Waals surface area contributed by atoms with Gasteiger partial charge in [-0.2, -0.15) is 4.79 Å². The fourth-order valence-electron chi connectivity index (χ4n) is 2.11. The van der Waals surface area contributed by atoms with Gasteiger partial charge in [0.25, 0.3) is 5.78 Å². The van der Waals surface area contributed by atoms with Crippen LogP contribution in [0.2, 0.25) is 0 Å². The zero-order valence-corrected chi connectivity index (χ0v) is 11.1. The molecule has 0 unspecified atom stereocenters. The van der Waals surface area contributed by atoms with E-state index in [1.165, 1.54) is 0 Å². The van der Waals surface area contributed by atoms with E-state index in [-0.39, 0.29) is 19.4 Å². The van der Waals surface area contributed by atoms with Crippen LogP contribution in [0.3, 0.4) is 0 Å². The summed E-state index contributed by atoms with van der Waals surface area (Å²) in [5.74, 6) is -1.09. The topological polar surface area (TPSA) is 100 Å². The first-order chi connectivity index (χ1) is 10.1. The predicted molar refractivity (Wildman–Crippen MR) is 71.2 cm³/mol. The van der Waals surface area contributed by atoms with E-state index in [1.54, 1.807) is 24.3 Å². The van der Waals surface area contributed by atoms with Crippen molar-refractivity contribution in [2.45, 2.75) is 25.5 Å². The van der Waals surface area contributed by atoms with Crippen LogP contribution in [0.5, 0.6) is 0 Å². The molecule has 1 saturated heterocycles. The summed E-state index contributed by atoms with van der Waals surface area (Å²) >= 11 is 0. The van der Waals surface area contributed by atoms with Crippen LogP contribution in [0, 0.1) is 0 Å². The fraction of sp³-hybridized carbons (Fsp3) is 0.286. The van der Waals surface area contributed by atoms with E-state index >= 15 is 0 Å². The zero-order valence-electron chi connectivity index (χ0n) is 11.1. The van der Waals surface area contributed by atoms with Crippen LogP contribution < -0.4 is 0 Å². The van der Waals surface area contributed by atoms with Crippen molar-refractivity contribution in [2.75, 3.05) is 0 Å². The fourth-order valence-corrected chi connectivity index (χ4v) is 2.11. The van der Waals surface area contributed by atoms with Gasteiger partial charge in [0.2, 0.25) is 5.91 Å². The van der Waals surface area contributed by atoms with E-state index in [0.717, 1.165) is 10.5 Å². The maximum atomic E-state index is 12.0. The van der Waals surface area contributed by atoms with Crippen LogP contribution in [-0.4, -0.2) is 39.7 Å². The normalized spacial score (nSPS) is 17.2. The summed E-state index contributed by atoms with van der Waals surface area (Å²) in [5, 5.41) is 0. The third-order valence-electron chi connectivity index (χ3n) is 3.13. The molecule has 2 rings (SSSR count). The first-order valence-electron chi connectivity index (χ1n) is 6.37. The molecule has 1 atom stereocenters. The molecule has 0 aliphatic carbocycles. The smallest absolute Gasteiger partial charge is 0.417 e. The number of Topliss-reactive ketones (excluding diaryl/α,β-unsaturated/α-hetero) is 1. The van der Waals surface area contributed by atoms with Gasteiger partial charge in [0.15, 0.2) is 0 Å². The average Bonchev–Trinajstić information content (AvgIpc) is 2.88. The second-order valence-electron chi connectivity index (χ2n) is 4.51. The number of imide groups is 1. The highest BCUT2D eigenvalue weighted by molar-refractivity contribution is 6.29. The second-order valence-corrected chi connectivity index (χ2v) is 4.51. The molecule has 0 aromatic heterocycles. The molecule has 0 saturated carbocycles. The van der Waals surface area contributed by atoms with Crippen molar-refractivity contribution in [3.63, 3.8) is 0 Å². The summed E-state index contributed by atoms with van der Waals surface area (Å²) in [6, 6.07) is 8.03. The van der Waals surface area contributed by atoms with Gasteiger partial charge in [0.1, 0.15) is 12.6 Å². The van der Waals surface area contributed by atoms with Crippen LogP contribution in [0.1, 0.15) is 18.4 Å². The third kappa shape index (κ3) is 3.40. The highest BCUT2D eigenvalue weighted by Crippen LogP contribution is 2.20. The summed E-state index contributed by atoms with van der Waals surface area (Å²) in [5.41, 5.74) is 9.14. The van der Waals surface area contributed by atoms with Crippen molar-refractivity contribution in [1.29, 1.82) is 0 Å². The van der Waals surface area contributed by atoms with Crippen molar-refractivity contribution in [1.82, 2.24) is 4.90 Å². The second kappa shape index (κ2) is 6.58. The van der Waals surface area contributed by atoms with Gasteiger partial charge in [0.05, 0.1) is 0 Å². The Labute approximate surface area is 120 Å². The summed E-state index contributed by atoms with van der Waals surface area (Å²) in [4.78, 5) is 38.8. The number of carbonyl (C=O) groups excluding carboxylic acids is 3. The monoisotopic (exact) mass is 287 g/mol. The van der Waals surface area contributed by atoms with Crippen LogP contribution in [-0.2, 0) is 20.9 Å². The molecule has 0 spiro atoms. The maximum absolute atomic E-state index is 12.0. The minimum Gasteiger partial charge on any atom is -0.444 e. The first-order valence-corrected chi connectivity index (χ1v) is 6.37. The van der Waals surface area contributed by atoms with Gasteiger partial charge in [-0.25, -0.2) is 9.69 Å². The van der Waals surface area contributed by atoms with Gasteiger partial charge in [-0.1, -0.05) is 30.3 Å². The molecule has 1 aromatic rings. The molecule has 0 radical (unpaired) electrons.